The summed E-state index contributed by atoms with van der Waals surface area (Å²) in [5.74, 6) is -0.399. The number of aryl methyl sites for hydroxylation is 1. The highest BCUT2D eigenvalue weighted by Crippen LogP contribution is 2.16. The maximum absolute atomic E-state index is 11.9. The molecule has 0 saturated heterocycles. The molecule has 1 aromatic rings. The summed E-state index contributed by atoms with van der Waals surface area (Å²) in [6, 6.07) is 1.40. The molecule has 0 spiro atoms. The van der Waals surface area contributed by atoms with Gasteiger partial charge in [-0.2, -0.15) is 0 Å². The Morgan fingerprint density at radius 1 is 1.45 bits per heavy atom. The van der Waals surface area contributed by atoms with Crippen LogP contribution < -0.4 is 5.32 Å². The molecule has 0 aliphatic carbocycles. The second-order valence-corrected chi connectivity index (χ2v) is 5.96. The highest BCUT2D eigenvalue weighted by molar-refractivity contribution is 7.11. The van der Waals surface area contributed by atoms with Crippen molar-refractivity contribution in [2.45, 2.75) is 33.2 Å². The molecule has 1 atom stereocenters. The molecule has 1 rings (SSSR count). The first-order chi connectivity index (χ1) is 9.43. The van der Waals surface area contributed by atoms with Crippen molar-refractivity contribution in [1.29, 1.82) is 0 Å². The predicted molar refractivity (Wildman–Crippen MR) is 81.5 cm³/mol. The monoisotopic (exact) mass is 295 g/mol. The number of ether oxygens (including phenoxy) is 1. The number of thiophene rings is 1. The first-order valence-corrected chi connectivity index (χ1v) is 7.42. The molecule has 4 nitrogen and oxygen atoms in total. The lowest BCUT2D eigenvalue weighted by molar-refractivity contribution is -0.145. The van der Waals surface area contributed by atoms with E-state index < -0.39 is 12.0 Å². The Balaban J connectivity index is 2.64. The topological polar surface area (TPSA) is 55.4 Å². The first-order valence-electron chi connectivity index (χ1n) is 6.54. The van der Waals surface area contributed by atoms with Gasteiger partial charge in [0.1, 0.15) is 6.04 Å². The van der Waals surface area contributed by atoms with E-state index in [2.05, 4.69) is 5.32 Å². The second kappa shape index (κ2) is 7.85. The van der Waals surface area contributed by atoms with Crippen LogP contribution in [-0.4, -0.2) is 25.0 Å². The molecule has 0 bridgehead atoms. The first kappa shape index (κ1) is 16.4. The largest absolute Gasteiger partial charge is 0.467 e. The van der Waals surface area contributed by atoms with Crippen LogP contribution in [0.3, 0.4) is 0 Å². The normalized spacial score (nSPS) is 12.7. The molecule has 20 heavy (non-hydrogen) atoms. The Kier molecular flexibility index (Phi) is 6.45. The molecule has 0 fully saturated rings. The van der Waals surface area contributed by atoms with E-state index in [1.54, 1.807) is 17.4 Å². The Hall–Kier alpha value is -1.62. The molecule has 110 valence electrons. The minimum Gasteiger partial charge on any atom is -0.467 e. The molecule has 0 aliphatic heterocycles. The zero-order valence-electron chi connectivity index (χ0n) is 12.3. The van der Waals surface area contributed by atoms with Gasteiger partial charge in [0.25, 0.3) is 0 Å². The summed E-state index contributed by atoms with van der Waals surface area (Å²) >= 11 is 1.57. The number of esters is 1. The van der Waals surface area contributed by atoms with Gasteiger partial charge in [-0.15, -0.1) is 11.3 Å². The quantitative estimate of drug-likeness (QED) is 0.648. The van der Waals surface area contributed by atoms with Crippen molar-refractivity contribution < 1.29 is 14.3 Å². The van der Waals surface area contributed by atoms with Gasteiger partial charge in [-0.25, -0.2) is 4.79 Å². The van der Waals surface area contributed by atoms with E-state index in [1.165, 1.54) is 13.2 Å². The van der Waals surface area contributed by atoms with Gasteiger partial charge in [-0.3, -0.25) is 4.79 Å². The van der Waals surface area contributed by atoms with Crippen molar-refractivity contribution in [3.63, 3.8) is 0 Å². The third-order valence-corrected chi connectivity index (χ3v) is 3.78. The van der Waals surface area contributed by atoms with E-state index in [9.17, 15) is 9.59 Å². The van der Waals surface area contributed by atoms with Crippen molar-refractivity contribution in [2.24, 2.45) is 5.92 Å². The number of hydrogen-bond acceptors (Lipinski definition) is 4. The lowest BCUT2D eigenvalue weighted by Crippen LogP contribution is -2.41. The van der Waals surface area contributed by atoms with Gasteiger partial charge in [0.15, 0.2) is 0 Å². The summed E-state index contributed by atoms with van der Waals surface area (Å²) in [5, 5.41) is 4.66. The SMILES string of the molecule is COC(=O)C(CC(C)C)NC(=O)/C=C/c1sccc1C. The van der Waals surface area contributed by atoms with Crippen LogP contribution in [0.5, 0.6) is 0 Å². The molecule has 0 aliphatic rings. The maximum atomic E-state index is 11.9. The fourth-order valence-corrected chi connectivity index (χ4v) is 2.57. The average Bonchev–Trinajstić information content (AvgIpc) is 2.79. The zero-order valence-corrected chi connectivity index (χ0v) is 13.1. The van der Waals surface area contributed by atoms with Crippen molar-refractivity contribution in [2.75, 3.05) is 7.11 Å². The van der Waals surface area contributed by atoms with Gasteiger partial charge in [-0.1, -0.05) is 13.8 Å². The van der Waals surface area contributed by atoms with Crippen LogP contribution in [0.15, 0.2) is 17.5 Å². The Morgan fingerprint density at radius 3 is 2.65 bits per heavy atom. The second-order valence-electron chi connectivity index (χ2n) is 5.02. The molecular formula is C15H21NO3S. The third-order valence-electron chi connectivity index (χ3n) is 2.80. The molecule has 0 aromatic carbocycles. The zero-order chi connectivity index (χ0) is 15.1. The summed E-state index contributed by atoms with van der Waals surface area (Å²) in [7, 11) is 1.33. The van der Waals surface area contributed by atoms with Crippen molar-refractivity contribution in [3.05, 3.63) is 28.0 Å². The summed E-state index contributed by atoms with van der Waals surface area (Å²) in [4.78, 5) is 24.5. The van der Waals surface area contributed by atoms with Crippen molar-refractivity contribution >= 4 is 29.3 Å². The van der Waals surface area contributed by atoms with Crippen LogP contribution in [0, 0.1) is 12.8 Å². The van der Waals surface area contributed by atoms with Gasteiger partial charge in [-0.05, 0) is 42.3 Å². The Morgan fingerprint density at radius 2 is 2.15 bits per heavy atom. The fraction of sp³-hybridized carbons (Fsp3) is 0.467. The van der Waals surface area contributed by atoms with Crippen LogP contribution in [0.25, 0.3) is 6.08 Å². The van der Waals surface area contributed by atoms with Gasteiger partial charge < -0.3 is 10.1 Å². The van der Waals surface area contributed by atoms with Crippen molar-refractivity contribution in [1.82, 2.24) is 5.32 Å². The molecule has 1 amide bonds. The van der Waals surface area contributed by atoms with E-state index >= 15 is 0 Å². The van der Waals surface area contributed by atoms with E-state index in [0.717, 1.165) is 10.4 Å². The maximum Gasteiger partial charge on any atom is 0.328 e. The summed E-state index contributed by atoms with van der Waals surface area (Å²) < 4.78 is 4.71. The highest BCUT2D eigenvalue weighted by atomic mass is 32.1. The average molecular weight is 295 g/mol. The fourth-order valence-electron chi connectivity index (χ4n) is 1.75. The number of carbonyl (C=O) groups is 2. The van der Waals surface area contributed by atoms with Crippen LogP contribution in [0.1, 0.15) is 30.7 Å². The van der Waals surface area contributed by atoms with Crippen LogP contribution in [0.2, 0.25) is 0 Å². The van der Waals surface area contributed by atoms with E-state index in [-0.39, 0.29) is 5.91 Å². The van der Waals surface area contributed by atoms with Gasteiger partial charge in [0.2, 0.25) is 5.91 Å². The van der Waals surface area contributed by atoms with Crippen LogP contribution in [-0.2, 0) is 14.3 Å². The lowest BCUT2D eigenvalue weighted by Gasteiger charge is -2.17. The lowest BCUT2D eigenvalue weighted by atomic mass is 10.0. The number of hydrogen-bond donors (Lipinski definition) is 1. The predicted octanol–water partition coefficient (Wildman–Crippen LogP) is 2.77. The van der Waals surface area contributed by atoms with Crippen molar-refractivity contribution in [3.8, 4) is 0 Å². The summed E-state index contributed by atoms with van der Waals surface area (Å²) in [6.45, 7) is 5.98. The number of amides is 1. The van der Waals surface area contributed by atoms with Gasteiger partial charge >= 0.3 is 5.97 Å². The molecule has 1 aromatic heterocycles. The molecular weight excluding hydrogens is 274 g/mol. The summed E-state index contributed by atoms with van der Waals surface area (Å²) in [6.07, 6.45) is 3.78. The Labute approximate surface area is 123 Å². The minimum atomic E-state index is -0.596. The molecule has 1 heterocycles. The number of carbonyl (C=O) groups excluding carboxylic acids is 2. The van der Waals surface area contributed by atoms with Crippen LogP contribution >= 0.6 is 11.3 Å². The van der Waals surface area contributed by atoms with E-state index in [1.807, 2.05) is 32.2 Å². The molecule has 0 saturated carbocycles. The smallest absolute Gasteiger partial charge is 0.328 e. The number of methoxy groups -OCH3 is 1. The standard InChI is InChI=1S/C15H21NO3S/c1-10(2)9-12(15(18)19-4)16-14(17)6-5-13-11(3)7-8-20-13/h5-8,10,12H,9H2,1-4H3,(H,16,17)/b6-5+. The van der Waals surface area contributed by atoms with Gasteiger partial charge in [0.05, 0.1) is 7.11 Å². The van der Waals surface area contributed by atoms with Crippen LogP contribution in [0.4, 0.5) is 0 Å². The molecule has 1 unspecified atom stereocenters. The number of rotatable bonds is 6. The molecule has 5 heteroatoms. The Bertz CT molecular complexity index is 491. The van der Waals surface area contributed by atoms with E-state index in [0.29, 0.717) is 12.3 Å². The number of nitrogens with one attached hydrogen (secondary N) is 1. The molecule has 0 radical (unpaired) electrons. The summed E-state index contributed by atoms with van der Waals surface area (Å²) in [5.41, 5.74) is 1.13. The highest BCUT2D eigenvalue weighted by Gasteiger charge is 2.21. The van der Waals surface area contributed by atoms with E-state index in [4.69, 9.17) is 4.74 Å². The minimum absolute atomic E-state index is 0.283. The molecule has 1 N–H and O–H groups in total. The van der Waals surface area contributed by atoms with Gasteiger partial charge in [0, 0.05) is 11.0 Å². The third kappa shape index (κ3) is 5.17.